The number of benzene rings is 3. The Morgan fingerprint density at radius 3 is 2.05 bits per heavy atom. The molecule has 0 bridgehead atoms. The molecule has 0 aliphatic rings. The van der Waals surface area contributed by atoms with E-state index in [1.807, 2.05) is 42.5 Å². The number of amides is 1. The Balaban J connectivity index is 2.07. The number of hydrogen-bond acceptors (Lipinski definition) is 1. The molecule has 0 aliphatic carbocycles. The quantitative estimate of drug-likeness (QED) is 0.658. The van der Waals surface area contributed by atoms with Gasteiger partial charge >= 0.3 is 0 Å². The lowest BCUT2D eigenvalue weighted by atomic mass is 10.1. The van der Waals surface area contributed by atoms with Gasteiger partial charge in [0.1, 0.15) is 0 Å². The first-order valence-electron chi connectivity index (χ1n) is 6.87. The molecular weight excluding hydrogens is 294 g/mol. The summed E-state index contributed by atoms with van der Waals surface area (Å²) in [5, 5.41) is 0.636. The van der Waals surface area contributed by atoms with Crippen molar-refractivity contribution in [3.8, 4) is 0 Å². The molecule has 3 aromatic rings. The van der Waals surface area contributed by atoms with Crippen molar-refractivity contribution in [3.05, 3.63) is 95.5 Å². The van der Waals surface area contributed by atoms with Gasteiger partial charge < -0.3 is 0 Å². The first-order valence-corrected chi connectivity index (χ1v) is 7.25. The highest BCUT2D eigenvalue weighted by Crippen LogP contribution is 2.28. The van der Waals surface area contributed by atoms with Crippen LogP contribution in [0.2, 0.25) is 5.02 Å². The molecule has 0 saturated carbocycles. The van der Waals surface area contributed by atoms with Crippen molar-refractivity contribution < 1.29 is 4.79 Å². The minimum Gasteiger partial charge on any atom is -0.277 e. The van der Waals surface area contributed by atoms with Crippen molar-refractivity contribution in [1.82, 2.24) is 0 Å². The molecule has 3 heteroatoms. The van der Waals surface area contributed by atoms with Gasteiger partial charge in [-0.3, -0.25) is 9.69 Å². The van der Waals surface area contributed by atoms with Gasteiger partial charge in [0, 0.05) is 22.0 Å². The van der Waals surface area contributed by atoms with Crippen LogP contribution in [-0.4, -0.2) is 5.91 Å². The monoisotopic (exact) mass is 306 g/mol. The first kappa shape index (κ1) is 14.4. The molecule has 0 aliphatic heterocycles. The molecule has 0 heterocycles. The van der Waals surface area contributed by atoms with Crippen LogP contribution < -0.4 is 4.90 Å². The van der Waals surface area contributed by atoms with Crippen LogP contribution in [0.3, 0.4) is 0 Å². The second-order valence-corrected chi connectivity index (χ2v) is 5.18. The Bertz CT molecular complexity index is 754. The summed E-state index contributed by atoms with van der Waals surface area (Å²) in [6.07, 6.45) is 0. The van der Waals surface area contributed by atoms with Gasteiger partial charge in [0.25, 0.3) is 5.91 Å². The van der Waals surface area contributed by atoms with E-state index in [-0.39, 0.29) is 5.91 Å². The fraction of sp³-hybridized carbons (Fsp3) is 0. The van der Waals surface area contributed by atoms with E-state index < -0.39 is 0 Å². The minimum atomic E-state index is -0.0888. The minimum absolute atomic E-state index is 0.0888. The molecule has 107 valence electrons. The maximum atomic E-state index is 12.9. The van der Waals surface area contributed by atoms with Crippen molar-refractivity contribution >= 4 is 28.9 Å². The average Bonchev–Trinajstić information content (AvgIpc) is 2.58. The van der Waals surface area contributed by atoms with Crippen LogP contribution in [0.1, 0.15) is 10.4 Å². The summed E-state index contributed by atoms with van der Waals surface area (Å²) in [5.41, 5.74) is 2.18. The molecule has 0 unspecified atom stereocenters. The van der Waals surface area contributed by atoms with Crippen molar-refractivity contribution in [2.45, 2.75) is 0 Å². The molecule has 22 heavy (non-hydrogen) atoms. The van der Waals surface area contributed by atoms with E-state index >= 15 is 0 Å². The van der Waals surface area contributed by atoms with Gasteiger partial charge in [-0.1, -0.05) is 41.9 Å². The molecule has 0 fully saturated rings. The second-order valence-electron chi connectivity index (χ2n) is 4.74. The largest absolute Gasteiger partial charge is 0.277 e. The van der Waals surface area contributed by atoms with E-state index in [9.17, 15) is 4.79 Å². The highest BCUT2D eigenvalue weighted by atomic mass is 35.5. The van der Waals surface area contributed by atoms with E-state index in [0.29, 0.717) is 10.6 Å². The number of nitrogens with zero attached hydrogens (tertiary/aromatic N) is 1. The number of hydrogen-bond donors (Lipinski definition) is 0. The van der Waals surface area contributed by atoms with E-state index in [1.165, 1.54) is 0 Å². The molecule has 1 amide bonds. The number of carbonyl (C=O) groups is 1. The van der Waals surface area contributed by atoms with Gasteiger partial charge in [-0.2, -0.15) is 0 Å². The highest BCUT2D eigenvalue weighted by Gasteiger charge is 2.19. The second kappa shape index (κ2) is 6.46. The maximum absolute atomic E-state index is 12.9. The zero-order valence-corrected chi connectivity index (χ0v) is 12.5. The fourth-order valence-corrected chi connectivity index (χ4v) is 2.34. The Labute approximate surface area is 134 Å². The third-order valence-corrected chi connectivity index (χ3v) is 3.52. The standard InChI is InChI=1S/C19H13ClNO/c20-16-11-13-18(14-12-16)21(17-9-5-2-6-10-17)19(22)15-7-3-1-4-8-15/h1,3-14H. The van der Waals surface area contributed by atoms with E-state index in [2.05, 4.69) is 6.07 Å². The summed E-state index contributed by atoms with van der Waals surface area (Å²) in [7, 11) is 0. The predicted octanol–water partition coefficient (Wildman–Crippen LogP) is 5.12. The summed E-state index contributed by atoms with van der Waals surface area (Å²) in [6, 6.07) is 26.7. The van der Waals surface area contributed by atoms with Crippen LogP contribution in [-0.2, 0) is 0 Å². The number of halogens is 1. The van der Waals surface area contributed by atoms with E-state index in [0.717, 1.165) is 11.4 Å². The molecule has 3 rings (SSSR count). The normalized spacial score (nSPS) is 10.2. The molecule has 0 atom stereocenters. The Morgan fingerprint density at radius 1 is 0.818 bits per heavy atom. The molecule has 0 aromatic heterocycles. The van der Waals surface area contributed by atoms with Crippen LogP contribution in [0.5, 0.6) is 0 Å². The third kappa shape index (κ3) is 3.02. The van der Waals surface area contributed by atoms with Crippen LogP contribution in [0, 0.1) is 6.07 Å². The summed E-state index contributed by atoms with van der Waals surface area (Å²) < 4.78 is 0. The molecule has 0 saturated heterocycles. The van der Waals surface area contributed by atoms with Crippen LogP contribution in [0.4, 0.5) is 11.4 Å². The van der Waals surface area contributed by atoms with Gasteiger partial charge in [-0.15, -0.1) is 0 Å². The van der Waals surface area contributed by atoms with Crippen LogP contribution in [0.25, 0.3) is 0 Å². The Kier molecular flexibility index (Phi) is 4.22. The van der Waals surface area contributed by atoms with Crippen molar-refractivity contribution in [1.29, 1.82) is 0 Å². The summed E-state index contributed by atoms with van der Waals surface area (Å²) >= 11 is 5.95. The fourth-order valence-electron chi connectivity index (χ4n) is 2.21. The zero-order valence-electron chi connectivity index (χ0n) is 11.7. The Hall–Kier alpha value is -2.58. The molecular formula is C19H13ClNO. The lowest BCUT2D eigenvalue weighted by molar-refractivity contribution is 0.0999. The van der Waals surface area contributed by atoms with Crippen LogP contribution in [0.15, 0.2) is 78.9 Å². The number of anilines is 2. The summed E-state index contributed by atoms with van der Waals surface area (Å²) in [6.45, 7) is 0. The topological polar surface area (TPSA) is 20.3 Å². The number of rotatable bonds is 3. The van der Waals surface area contributed by atoms with Crippen molar-refractivity contribution in [2.75, 3.05) is 4.90 Å². The SMILES string of the molecule is O=C(c1ccccc1)N(c1cc[c]cc1)c1ccc(Cl)cc1. The lowest BCUT2D eigenvalue weighted by Crippen LogP contribution is -2.25. The van der Waals surface area contributed by atoms with Gasteiger partial charge in [0.05, 0.1) is 0 Å². The zero-order chi connectivity index (χ0) is 15.4. The maximum Gasteiger partial charge on any atom is 0.262 e. The molecule has 1 radical (unpaired) electrons. The molecule has 0 N–H and O–H groups in total. The van der Waals surface area contributed by atoms with E-state index in [1.54, 1.807) is 41.3 Å². The predicted molar refractivity (Wildman–Crippen MR) is 89.6 cm³/mol. The smallest absolute Gasteiger partial charge is 0.262 e. The number of carbonyl (C=O) groups excluding carboxylic acids is 1. The van der Waals surface area contributed by atoms with Crippen molar-refractivity contribution in [2.24, 2.45) is 0 Å². The van der Waals surface area contributed by atoms with Gasteiger partial charge in [-0.05, 0) is 54.6 Å². The lowest BCUT2D eigenvalue weighted by Gasteiger charge is -2.23. The van der Waals surface area contributed by atoms with Gasteiger partial charge in [-0.25, -0.2) is 0 Å². The third-order valence-electron chi connectivity index (χ3n) is 3.27. The summed E-state index contributed by atoms with van der Waals surface area (Å²) in [5.74, 6) is -0.0888. The molecule has 0 spiro atoms. The van der Waals surface area contributed by atoms with Crippen molar-refractivity contribution in [3.63, 3.8) is 0 Å². The summed E-state index contributed by atoms with van der Waals surface area (Å²) in [4.78, 5) is 14.6. The average molecular weight is 307 g/mol. The first-order chi connectivity index (χ1) is 10.8. The Morgan fingerprint density at radius 2 is 1.41 bits per heavy atom. The molecule has 3 aromatic carbocycles. The van der Waals surface area contributed by atoms with Crippen LogP contribution >= 0.6 is 11.6 Å². The van der Waals surface area contributed by atoms with Gasteiger partial charge in [0.15, 0.2) is 0 Å². The molecule has 2 nitrogen and oxygen atoms in total. The highest BCUT2D eigenvalue weighted by molar-refractivity contribution is 6.30. The van der Waals surface area contributed by atoms with Gasteiger partial charge in [0.2, 0.25) is 0 Å². The van der Waals surface area contributed by atoms with E-state index in [4.69, 9.17) is 11.6 Å².